The SMILES string of the molecule is CCOc1cc(C(=S)N2CCCCC2)cc(I)c1OCC(=O)N1CCOCC1. The van der Waals surface area contributed by atoms with Crippen molar-refractivity contribution >= 4 is 45.7 Å². The van der Waals surface area contributed by atoms with E-state index in [1.807, 2.05) is 19.1 Å². The molecule has 1 aromatic rings. The number of likely N-dealkylation sites (tertiary alicyclic amines) is 1. The third kappa shape index (κ3) is 5.48. The van der Waals surface area contributed by atoms with Crippen molar-refractivity contribution in [3.8, 4) is 11.5 Å². The van der Waals surface area contributed by atoms with Crippen LogP contribution in [0.2, 0.25) is 0 Å². The number of carbonyl (C=O) groups excluding carboxylic acids is 1. The summed E-state index contributed by atoms with van der Waals surface area (Å²) in [5.74, 6) is 1.21. The first-order chi connectivity index (χ1) is 13.6. The number of piperidine rings is 1. The van der Waals surface area contributed by atoms with E-state index in [0.29, 0.717) is 44.4 Å². The van der Waals surface area contributed by atoms with Gasteiger partial charge in [-0.1, -0.05) is 12.2 Å². The van der Waals surface area contributed by atoms with Gasteiger partial charge >= 0.3 is 0 Å². The van der Waals surface area contributed by atoms with Crippen molar-refractivity contribution in [1.82, 2.24) is 9.80 Å². The molecule has 0 aromatic heterocycles. The third-order valence-corrected chi connectivity index (χ3v) is 6.20. The second kappa shape index (κ2) is 10.6. The van der Waals surface area contributed by atoms with Crippen LogP contribution in [-0.4, -0.2) is 73.3 Å². The second-order valence-electron chi connectivity index (χ2n) is 6.85. The highest BCUT2D eigenvalue weighted by Gasteiger charge is 2.21. The van der Waals surface area contributed by atoms with E-state index < -0.39 is 0 Å². The standard InChI is InChI=1S/C20H27IN2O4S/c1-2-26-17-13-15(20(28)23-6-4-3-5-7-23)12-16(21)19(17)27-14-18(24)22-8-10-25-11-9-22/h12-13H,2-11,14H2,1H3. The van der Waals surface area contributed by atoms with Crippen molar-refractivity contribution in [3.63, 3.8) is 0 Å². The zero-order valence-electron chi connectivity index (χ0n) is 16.2. The van der Waals surface area contributed by atoms with Gasteiger partial charge in [0.05, 0.1) is 23.4 Å². The minimum absolute atomic E-state index is 0.00794. The van der Waals surface area contributed by atoms with Crippen LogP contribution in [0.5, 0.6) is 11.5 Å². The topological polar surface area (TPSA) is 51.2 Å². The smallest absolute Gasteiger partial charge is 0.260 e. The Balaban J connectivity index is 1.73. The van der Waals surface area contributed by atoms with E-state index in [-0.39, 0.29) is 12.5 Å². The average molecular weight is 518 g/mol. The molecule has 0 unspecified atom stereocenters. The summed E-state index contributed by atoms with van der Waals surface area (Å²) in [7, 11) is 0. The summed E-state index contributed by atoms with van der Waals surface area (Å²) in [6.45, 7) is 6.84. The average Bonchev–Trinajstić information content (AvgIpc) is 2.73. The molecule has 0 radical (unpaired) electrons. The maximum absolute atomic E-state index is 12.4. The summed E-state index contributed by atoms with van der Waals surface area (Å²) in [5.41, 5.74) is 0.969. The molecule has 0 N–H and O–H groups in total. The summed E-state index contributed by atoms with van der Waals surface area (Å²) in [6, 6.07) is 3.96. The van der Waals surface area contributed by atoms with Crippen LogP contribution in [0, 0.1) is 3.57 Å². The van der Waals surface area contributed by atoms with Crippen LogP contribution in [0.1, 0.15) is 31.7 Å². The number of ether oxygens (including phenoxy) is 3. The first kappa shape index (κ1) is 21.6. The Morgan fingerprint density at radius 3 is 2.50 bits per heavy atom. The molecule has 2 fully saturated rings. The molecule has 3 rings (SSSR count). The van der Waals surface area contributed by atoms with E-state index in [4.69, 9.17) is 26.4 Å². The summed E-state index contributed by atoms with van der Waals surface area (Å²) in [4.78, 5) is 17.3. The molecule has 2 heterocycles. The van der Waals surface area contributed by atoms with Gasteiger partial charge in [0.2, 0.25) is 0 Å². The predicted molar refractivity (Wildman–Crippen MR) is 120 cm³/mol. The molecule has 0 atom stereocenters. The molecule has 0 saturated carbocycles. The molecule has 1 aromatic carbocycles. The number of thiocarbonyl (C=S) groups is 1. The molecule has 154 valence electrons. The van der Waals surface area contributed by atoms with Gasteiger partial charge in [0.1, 0.15) is 4.99 Å². The molecule has 0 bridgehead atoms. The van der Waals surface area contributed by atoms with E-state index in [2.05, 4.69) is 27.5 Å². The van der Waals surface area contributed by atoms with Gasteiger partial charge in [-0.2, -0.15) is 0 Å². The Kier molecular flexibility index (Phi) is 8.16. The Labute approximate surface area is 185 Å². The zero-order chi connectivity index (χ0) is 19.9. The van der Waals surface area contributed by atoms with Crippen LogP contribution in [0.4, 0.5) is 0 Å². The predicted octanol–water partition coefficient (Wildman–Crippen LogP) is 3.09. The number of hydrogen-bond donors (Lipinski definition) is 0. The third-order valence-electron chi connectivity index (χ3n) is 4.90. The van der Waals surface area contributed by atoms with Crippen molar-refractivity contribution in [2.75, 3.05) is 52.6 Å². The number of nitrogens with zero attached hydrogens (tertiary/aromatic N) is 2. The fourth-order valence-electron chi connectivity index (χ4n) is 3.41. The molecule has 0 spiro atoms. The lowest BCUT2D eigenvalue weighted by Gasteiger charge is -2.29. The van der Waals surface area contributed by atoms with Gasteiger partial charge in [-0.25, -0.2) is 0 Å². The van der Waals surface area contributed by atoms with Gasteiger partial charge in [0.15, 0.2) is 18.1 Å². The van der Waals surface area contributed by atoms with Gasteiger partial charge in [-0.3, -0.25) is 4.79 Å². The van der Waals surface area contributed by atoms with Crippen LogP contribution in [-0.2, 0) is 9.53 Å². The van der Waals surface area contributed by atoms with Crippen molar-refractivity contribution in [2.24, 2.45) is 0 Å². The van der Waals surface area contributed by atoms with Gasteiger partial charge < -0.3 is 24.0 Å². The Morgan fingerprint density at radius 1 is 1.11 bits per heavy atom. The minimum Gasteiger partial charge on any atom is -0.490 e. The number of morpholine rings is 1. The van der Waals surface area contributed by atoms with E-state index in [1.54, 1.807) is 4.90 Å². The highest BCUT2D eigenvalue weighted by molar-refractivity contribution is 14.1. The molecule has 1 amide bonds. The Bertz CT molecular complexity index is 704. The largest absolute Gasteiger partial charge is 0.490 e. The fraction of sp³-hybridized carbons (Fsp3) is 0.600. The first-order valence-corrected chi connectivity index (χ1v) is 11.3. The number of halogens is 1. The van der Waals surface area contributed by atoms with Crippen molar-refractivity contribution in [2.45, 2.75) is 26.2 Å². The Morgan fingerprint density at radius 2 is 1.82 bits per heavy atom. The van der Waals surface area contributed by atoms with Crippen LogP contribution < -0.4 is 9.47 Å². The monoisotopic (exact) mass is 518 g/mol. The molecule has 8 heteroatoms. The van der Waals surface area contributed by atoms with Crippen LogP contribution in [0.15, 0.2) is 12.1 Å². The molecule has 28 heavy (non-hydrogen) atoms. The number of hydrogen-bond acceptors (Lipinski definition) is 5. The fourth-order valence-corrected chi connectivity index (χ4v) is 4.47. The van der Waals surface area contributed by atoms with E-state index in [0.717, 1.165) is 27.2 Å². The van der Waals surface area contributed by atoms with Crippen LogP contribution >= 0.6 is 34.8 Å². The zero-order valence-corrected chi connectivity index (χ0v) is 19.2. The number of amides is 1. The van der Waals surface area contributed by atoms with Crippen LogP contribution in [0.3, 0.4) is 0 Å². The normalized spacial score (nSPS) is 17.4. The highest BCUT2D eigenvalue weighted by atomic mass is 127. The van der Waals surface area contributed by atoms with Crippen LogP contribution in [0.25, 0.3) is 0 Å². The molecular weight excluding hydrogens is 491 g/mol. The summed E-state index contributed by atoms with van der Waals surface area (Å²) < 4.78 is 17.9. The maximum Gasteiger partial charge on any atom is 0.260 e. The quantitative estimate of drug-likeness (QED) is 0.427. The van der Waals surface area contributed by atoms with Crippen molar-refractivity contribution in [3.05, 3.63) is 21.3 Å². The number of benzene rings is 1. The lowest BCUT2D eigenvalue weighted by atomic mass is 10.1. The summed E-state index contributed by atoms with van der Waals surface area (Å²) in [5, 5.41) is 0. The second-order valence-corrected chi connectivity index (χ2v) is 8.40. The van der Waals surface area contributed by atoms with Crippen molar-refractivity contribution in [1.29, 1.82) is 0 Å². The Hall–Kier alpha value is -1.13. The van der Waals surface area contributed by atoms with E-state index >= 15 is 0 Å². The number of rotatable bonds is 6. The minimum atomic E-state index is -0.0329. The number of carbonyl (C=O) groups is 1. The lowest BCUT2D eigenvalue weighted by molar-refractivity contribution is -0.137. The summed E-state index contributed by atoms with van der Waals surface area (Å²) in [6.07, 6.45) is 3.63. The highest BCUT2D eigenvalue weighted by Crippen LogP contribution is 2.35. The maximum atomic E-state index is 12.4. The molecule has 2 saturated heterocycles. The molecular formula is C20H27IN2O4S. The molecule has 6 nitrogen and oxygen atoms in total. The first-order valence-electron chi connectivity index (χ1n) is 9.84. The van der Waals surface area contributed by atoms with Crippen molar-refractivity contribution < 1.29 is 19.0 Å². The summed E-state index contributed by atoms with van der Waals surface area (Å²) >= 11 is 7.96. The molecule has 0 aliphatic carbocycles. The lowest BCUT2D eigenvalue weighted by Crippen LogP contribution is -2.43. The van der Waals surface area contributed by atoms with Gasteiger partial charge in [0.25, 0.3) is 5.91 Å². The molecule has 2 aliphatic heterocycles. The van der Waals surface area contributed by atoms with E-state index in [9.17, 15) is 4.79 Å². The van der Waals surface area contributed by atoms with Gasteiger partial charge in [-0.15, -0.1) is 0 Å². The van der Waals surface area contributed by atoms with Gasteiger partial charge in [-0.05, 0) is 60.9 Å². The van der Waals surface area contributed by atoms with Gasteiger partial charge in [0, 0.05) is 31.7 Å². The van der Waals surface area contributed by atoms with E-state index in [1.165, 1.54) is 19.3 Å². The molecule has 2 aliphatic rings.